The van der Waals surface area contributed by atoms with E-state index in [0.717, 1.165) is 30.5 Å². The molecule has 1 heterocycles. The number of nitrogens with zero attached hydrogens (tertiary/aromatic N) is 1. The van der Waals surface area contributed by atoms with Gasteiger partial charge in [0, 0.05) is 31.0 Å². The summed E-state index contributed by atoms with van der Waals surface area (Å²) in [5.41, 5.74) is 1.29. The van der Waals surface area contributed by atoms with Crippen LogP contribution in [-0.4, -0.2) is 43.0 Å². The molecule has 3 N–H and O–H groups in total. The lowest BCUT2D eigenvalue weighted by molar-refractivity contribution is -0.137. The third kappa shape index (κ3) is 6.90. The number of piperidine rings is 1. The fourth-order valence-electron chi connectivity index (χ4n) is 3.60. The maximum Gasteiger partial charge on any atom is 0.416 e. The Labute approximate surface area is 185 Å². The van der Waals surface area contributed by atoms with E-state index >= 15 is 0 Å². The van der Waals surface area contributed by atoms with Crippen LogP contribution < -0.4 is 16.0 Å². The largest absolute Gasteiger partial charge is 0.416 e. The van der Waals surface area contributed by atoms with Gasteiger partial charge in [0.1, 0.15) is 0 Å². The highest BCUT2D eigenvalue weighted by Gasteiger charge is 2.30. The van der Waals surface area contributed by atoms with Gasteiger partial charge in [0.2, 0.25) is 5.91 Å². The Morgan fingerprint density at radius 1 is 1.09 bits per heavy atom. The number of aryl methyl sites for hydroxylation is 1. The first-order chi connectivity index (χ1) is 15.2. The van der Waals surface area contributed by atoms with Crippen LogP contribution in [0, 0.1) is 12.8 Å². The summed E-state index contributed by atoms with van der Waals surface area (Å²) in [5, 5.41) is 8.40. The Morgan fingerprint density at radius 2 is 1.84 bits per heavy atom. The van der Waals surface area contributed by atoms with Crippen molar-refractivity contribution >= 4 is 23.3 Å². The predicted octanol–water partition coefficient (Wildman–Crippen LogP) is 4.49. The Morgan fingerprint density at radius 3 is 2.56 bits per heavy atom. The Bertz CT molecular complexity index is 932. The van der Waals surface area contributed by atoms with Gasteiger partial charge in [0.25, 0.3) is 0 Å². The first-order valence-corrected chi connectivity index (χ1v) is 10.5. The summed E-state index contributed by atoms with van der Waals surface area (Å²) < 4.78 is 38.5. The molecule has 3 rings (SSSR count). The van der Waals surface area contributed by atoms with Crippen molar-refractivity contribution in [1.82, 2.24) is 10.2 Å². The number of nitrogens with one attached hydrogen (secondary N) is 3. The fraction of sp³-hybridized carbons (Fsp3) is 0.391. The number of alkyl halides is 3. The zero-order chi connectivity index (χ0) is 23.1. The normalized spacial score (nSPS) is 16.4. The molecule has 0 spiro atoms. The van der Waals surface area contributed by atoms with Crippen LogP contribution >= 0.6 is 0 Å². The molecule has 0 radical (unpaired) electrons. The average Bonchev–Trinajstić information content (AvgIpc) is 2.77. The summed E-state index contributed by atoms with van der Waals surface area (Å²) in [6.45, 7) is 3.40. The van der Waals surface area contributed by atoms with E-state index in [-0.39, 0.29) is 30.1 Å². The van der Waals surface area contributed by atoms with E-state index in [1.807, 2.05) is 31.2 Å². The summed E-state index contributed by atoms with van der Waals surface area (Å²) in [6.07, 6.45) is -2.74. The van der Waals surface area contributed by atoms with Gasteiger partial charge < -0.3 is 20.9 Å². The van der Waals surface area contributed by atoms with Crippen molar-refractivity contribution in [3.05, 3.63) is 59.7 Å². The second kappa shape index (κ2) is 10.4. The molecule has 0 aliphatic carbocycles. The van der Waals surface area contributed by atoms with E-state index < -0.39 is 11.7 Å². The van der Waals surface area contributed by atoms with Crippen molar-refractivity contribution in [3.63, 3.8) is 0 Å². The number of anilines is 2. The molecule has 9 heteroatoms. The quantitative estimate of drug-likeness (QED) is 0.610. The molecule has 2 aromatic rings. The Hall–Kier alpha value is -3.23. The van der Waals surface area contributed by atoms with Gasteiger partial charge in [-0.3, -0.25) is 4.79 Å². The predicted molar refractivity (Wildman–Crippen MR) is 117 cm³/mol. The smallest absolute Gasteiger partial charge is 0.376 e. The Kier molecular flexibility index (Phi) is 7.61. The lowest BCUT2D eigenvalue weighted by atomic mass is 9.98. The third-order valence-corrected chi connectivity index (χ3v) is 5.37. The summed E-state index contributed by atoms with van der Waals surface area (Å²) >= 11 is 0. The van der Waals surface area contributed by atoms with Crippen molar-refractivity contribution in [2.75, 3.05) is 36.8 Å². The van der Waals surface area contributed by atoms with Crippen LogP contribution in [-0.2, 0) is 11.0 Å². The topological polar surface area (TPSA) is 73.5 Å². The second-order valence-corrected chi connectivity index (χ2v) is 7.98. The molecule has 1 aliphatic rings. The van der Waals surface area contributed by atoms with Gasteiger partial charge in [0.15, 0.2) is 0 Å². The summed E-state index contributed by atoms with van der Waals surface area (Å²) in [5.74, 6) is -0.0683. The molecular weight excluding hydrogens is 421 g/mol. The molecule has 3 amide bonds. The lowest BCUT2D eigenvalue weighted by Crippen LogP contribution is -2.46. The second-order valence-electron chi connectivity index (χ2n) is 7.98. The van der Waals surface area contributed by atoms with E-state index in [9.17, 15) is 22.8 Å². The van der Waals surface area contributed by atoms with Crippen LogP contribution in [0.4, 0.5) is 29.3 Å². The maximum absolute atomic E-state index is 12.8. The molecule has 2 aromatic carbocycles. The first-order valence-electron chi connectivity index (χ1n) is 10.5. The minimum absolute atomic E-state index is 0.0879. The molecule has 0 aromatic heterocycles. The highest BCUT2D eigenvalue weighted by molar-refractivity contribution is 5.89. The van der Waals surface area contributed by atoms with Gasteiger partial charge in [-0.05, 0) is 56.0 Å². The standard InChI is InChI=1S/C23H27F3N4O2/c1-16-7-9-19(10-8-16)29-22(32)28-13-17-4-3-11-30(15-17)21(31)14-27-20-6-2-5-18(12-20)23(24,25)26/h2,5-10,12,17,27H,3-4,11,13-15H2,1H3,(H2,28,29,32). The number of hydrogen-bond donors (Lipinski definition) is 3. The molecule has 0 bridgehead atoms. The molecule has 32 heavy (non-hydrogen) atoms. The molecule has 1 aliphatic heterocycles. The van der Waals surface area contributed by atoms with Crippen molar-refractivity contribution in [3.8, 4) is 0 Å². The summed E-state index contributed by atoms with van der Waals surface area (Å²) in [6, 6.07) is 12.0. The van der Waals surface area contributed by atoms with Gasteiger partial charge in [-0.2, -0.15) is 13.2 Å². The van der Waals surface area contributed by atoms with E-state index in [0.29, 0.717) is 25.3 Å². The summed E-state index contributed by atoms with van der Waals surface area (Å²) in [4.78, 5) is 26.4. The zero-order valence-corrected chi connectivity index (χ0v) is 17.8. The van der Waals surface area contributed by atoms with E-state index in [1.165, 1.54) is 12.1 Å². The molecule has 172 valence electrons. The molecule has 1 atom stereocenters. The third-order valence-electron chi connectivity index (χ3n) is 5.37. The van der Waals surface area contributed by atoms with E-state index in [1.54, 1.807) is 4.90 Å². The van der Waals surface area contributed by atoms with Crippen molar-refractivity contribution in [2.24, 2.45) is 5.92 Å². The number of likely N-dealkylation sites (tertiary alicyclic amines) is 1. The van der Waals surface area contributed by atoms with Crippen molar-refractivity contribution < 1.29 is 22.8 Å². The zero-order valence-electron chi connectivity index (χ0n) is 17.8. The van der Waals surface area contributed by atoms with Gasteiger partial charge in [0.05, 0.1) is 12.1 Å². The first kappa shape index (κ1) is 23.4. The average molecular weight is 448 g/mol. The highest BCUT2D eigenvalue weighted by atomic mass is 19.4. The lowest BCUT2D eigenvalue weighted by Gasteiger charge is -2.33. The molecule has 6 nitrogen and oxygen atoms in total. The number of urea groups is 1. The number of rotatable bonds is 6. The van der Waals surface area contributed by atoms with Crippen molar-refractivity contribution in [2.45, 2.75) is 25.9 Å². The van der Waals surface area contributed by atoms with Crippen LogP contribution in [0.1, 0.15) is 24.0 Å². The monoisotopic (exact) mass is 448 g/mol. The number of carbonyl (C=O) groups is 2. The SMILES string of the molecule is Cc1ccc(NC(=O)NCC2CCCN(C(=O)CNc3cccc(C(F)(F)F)c3)C2)cc1. The van der Waals surface area contributed by atoms with E-state index in [4.69, 9.17) is 0 Å². The van der Waals surface area contributed by atoms with Gasteiger partial charge in [-0.25, -0.2) is 4.79 Å². The van der Waals surface area contributed by atoms with Crippen LogP contribution in [0.2, 0.25) is 0 Å². The van der Waals surface area contributed by atoms with Crippen LogP contribution in [0.25, 0.3) is 0 Å². The number of hydrogen-bond acceptors (Lipinski definition) is 3. The number of carbonyl (C=O) groups excluding carboxylic acids is 2. The fourth-order valence-corrected chi connectivity index (χ4v) is 3.60. The van der Waals surface area contributed by atoms with Gasteiger partial charge in [-0.15, -0.1) is 0 Å². The molecule has 1 unspecified atom stereocenters. The minimum Gasteiger partial charge on any atom is -0.376 e. The molecular formula is C23H27F3N4O2. The van der Waals surface area contributed by atoms with Crippen LogP contribution in [0.5, 0.6) is 0 Å². The summed E-state index contributed by atoms with van der Waals surface area (Å²) in [7, 11) is 0. The maximum atomic E-state index is 12.8. The van der Waals surface area contributed by atoms with Crippen molar-refractivity contribution in [1.29, 1.82) is 0 Å². The van der Waals surface area contributed by atoms with E-state index in [2.05, 4.69) is 16.0 Å². The number of amides is 3. The van der Waals surface area contributed by atoms with Gasteiger partial charge >= 0.3 is 12.2 Å². The molecule has 1 saturated heterocycles. The highest BCUT2D eigenvalue weighted by Crippen LogP contribution is 2.30. The van der Waals surface area contributed by atoms with Gasteiger partial charge in [-0.1, -0.05) is 23.8 Å². The minimum atomic E-state index is -4.43. The number of halogens is 3. The Balaban J connectivity index is 1.44. The number of benzene rings is 2. The van der Waals surface area contributed by atoms with Crippen LogP contribution in [0.3, 0.4) is 0 Å². The van der Waals surface area contributed by atoms with Crippen LogP contribution in [0.15, 0.2) is 48.5 Å². The molecule has 1 fully saturated rings. The molecule has 0 saturated carbocycles.